The van der Waals surface area contributed by atoms with Gasteiger partial charge in [-0.1, -0.05) is 13.0 Å². The first kappa shape index (κ1) is 15.8. The van der Waals surface area contributed by atoms with E-state index in [4.69, 9.17) is 4.98 Å². The Bertz CT molecular complexity index is 668. The highest BCUT2D eigenvalue weighted by Crippen LogP contribution is 2.26. The van der Waals surface area contributed by atoms with Gasteiger partial charge in [0.05, 0.1) is 0 Å². The number of benzene rings is 1. The lowest BCUT2D eigenvalue weighted by Crippen LogP contribution is -2.39. The Balaban J connectivity index is 1.80. The molecule has 1 aromatic carbocycles. The van der Waals surface area contributed by atoms with Crippen molar-refractivity contribution in [1.82, 2.24) is 9.97 Å². The van der Waals surface area contributed by atoms with Gasteiger partial charge in [-0.05, 0) is 68.9 Å². The minimum atomic E-state index is 0.605. The zero-order valence-electron chi connectivity index (χ0n) is 14.3. The number of piperidine rings is 1. The van der Waals surface area contributed by atoms with E-state index in [0.29, 0.717) is 12.0 Å². The van der Waals surface area contributed by atoms with Crippen LogP contribution in [0.25, 0.3) is 0 Å². The van der Waals surface area contributed by atoms with Crippen molar-refractivity contribution >= 4 is 17.5 Å². The molecule has 1 aliphatic heterocycles. The van der Waals surface area contributed by atoms with Gasteiger partial charge >= 0.3 is 0 Å². The maximum absolute atomic E-state index is 4.75. The summed E-state index contributed by atoms with van der Waals surface area (Å²) in [6, 6.07) is 8.97. The largest absolute Gasteiger partial charge is 0.353 e. The second-order valence-electron chi connectivity index (χ2n) is 6.41. The van der Waals surface area contributed by atoms with Crippen LogP contribution in [0, 0.1) is 13.8 Å². The first-order chi connectivity index (χ1) is 11.2. The van der Waals surface area contributed by atoms with Gasteiger partial charge in [0, 0.05) is 24.5 Å². The molecule has 0 amide bonds. The summed E-state index contributed by atoms with van der Waals surface area (Å²) in [5, 5.41) is 3.34. The standard InChI is InChI=1S/C19H26N4/c1-4-17-7-5-6-12-23(17)18-10-11-20-19(22-18)21-16-9-8-14(2)15(3)13-16/h8-11,13,17H,4-7,12H2,1-3H3,(H,20,21,22). The molecule has 1 aromatic heterocycles. The summed E-state index contributed by atoms with van der Waals surface area (Å²) < 4.78 is 0. The van der Waals surface area contributed by atoms with Crippen molar-refractivity contribution in [1.29, 1.82) is 0 Å². The molecule has 4 nitrogen and oxygen atoms in total. The van der Waals surface area contributed by atoms with Crippen molar-refractivity contribution in [2.75, 3.05) is 16.8 Å². The Morgan fingerprint density at radius 1 is 1.17 bits per heavy atom. The minimum Gasteiger partial charge on any atom is -0.353 e. The third-order valence-electron chi connectivity index (χ3n) is 4.80. The highest BCUT2D eigenvalue weighted by Gasteiger charge is 2.22. The molecule has 0 spiro atoms. The monoisotopic (exact) mass is 310 g/mol. The van der Waals surface area contributed by atoms with E-state index in [1.54, 1.807) is 0 Å². The van der Waals surface area contributed by atoms with Gasteiger partial charge in [-0.2, -0.15) is 4.98 Å². The lowest BCUT2D eigenvalue weighted by Gasteiger charge is -2.36. The summed E-state index contributed by atoms with van der Waals surface area (Å²) in [4.78, 5) is 11.6. The third-order valence-corrected chi connectivity index (χ3v) is 4.80. The number of aromatic nitrogens is 2. The zero-order valence-corrected chi connectivity index (χ0v) is 14.3. The van der Waals surface area contributed by atoms with E-state index in [9.17, 15) is 0 Å². The first-order valence-corrected chi connectivity index (χ1v) is 8.61. The molecule has 0 radical (unpaired) electrons. The fourth-order valence-electron chi connectivity index (χ4n) is 3.24. The second-order valence-corrected chi connectivity index (χ2v) is 6.41. The van der Waals surface area contributed by atoms with Crippen LogP contribution in [0.5, 0.6) is 0 Å². The van der Waals surface area contributed by atoms with Gasteiger partial charge in [0.1, 0.15) is 5.82 Å². The summed E-state index contributed by atoms with van der Waals surface area (Å²) in [7, 11) is 0. The van der Waals surface area contributed by atoms with Crippen molar-refractivity contribution in [3.05, 3.63) is 41.6 Å². The highest BCUT2D eigenvalue weighted by molar-refractivity contribution is 5.57. The van der Waals surface area contributed by atoms with Crippen molar-refractivity contribution in [2.45, 2.75) is 52.5 Å². The van der Waals surface area contributed by atoms with E-state index in [1.807, 2.05) is 12.3 Å². The third kappa shape index (κ3) is 3.63. The first-order valence-electron chi connectivity index (χ1n) is 8.61. The number of anilines is 3. The molecular formula is C19H26N4. The number of aryl methyl sites for hydroxylation is 2. The molecule has 2 aromatic rings. The van der Waals surface area contributed by atoms with Gasteiger partial charge in [0.2, 0.25) is 5.95 Å². The summed E-state index contributed by atoms with van der Waals surface area (Å²) in [6.07, 6.45) is 6.87. The molecule has 2 heterocycles. The van der Waals surface area contributed by atoms with Gasteiger partial charge in [-0.3, -0.25) is 0 Å². The van der Waals surface area contributed by atoms with Crippen LogP contribution >= 0.6 is 0 Å². The second kappa shape index (κ2) is 6.99. The molecule has 1 unspecified atom stereocenters. The normalized spacial score (nSPS) is 18.0. The molecule has 1 fully saturated rings. The average Bonchev–Trinajstić information content (AvgIpc) is 2.58. The number of hydrogen-bond acceptors (Lipinski definition) is 4. The number of hydrogen-bond donors (Lipinski definition) is 1. The Kier molecular flexibility index (Phi) is 4.79. The molecule has 0 saturated carbocycles. The van der Waals surface area contributed by atoms with E-state index >= 15 is 0 Å². The fraction of sp³-hybridized carbons (Fsp3) is 0.474. The van der Waals surface area contributed by atoms with Crippen molar-refractivity contribution in [3.8, 4) is 0 Å². The van der Waals surface area contributed by atoms with E-state index in [1.165, 1.54) is 36.8 Å². The maximum atomic E-state index is 4.75. The predicted octanol–water partition coefficient (Wildman–Crippen LogP) is 4.61. The van der Waals surface area contributed by atoms with Gasteiger partial charge in [-0.25, -0.2) is 4.98 Å². The molecule has 4 heteroatoms. The highest BCUT2D eigenvalue weighted by atomic mass is 15.2. The van der Waals surface area contributed by atoms with Gasteiger partial charge in [0.25, 0.3) is 0 Å². The number of nitrogens with one attached hydrogen (secondary N) is 1. The SMILES string of the molecule is CCC1CCCCN1c1ccnc(Nc2ccc(C)c(C)c2)n1. The quantitative estimate of drug-likeness (QED) is 0.895. The van der Waals surface area contributed by atoms with E-state index in [0.717, 1.165) is 18.1 Å². The molecule has 1 aliphatic rings. The summed E-state index contributed by atoms with van der Waals surface area (Å²) >= 11 is 0. The molecule has 3 rings (SSSR count). The Morgan fingerprint density at radius 3 is 2.83 bits per heavy atom. The average molecular weight is 310 g/mol. The molecule has 1 N–H and O–H groups in total. The van der Waals surface area contributed by atoms with Crippen LogP contribution in [-0.4, -0.2) is 22.6 Å². The summed E-state index contributed by atoms with van der Waals surface area (Å²) in [5.74, 6) is 1.71. The molecule has 23 heavy (non-hydrogen) atoms. The van der Waals surface area contributed by atoms with Crippen LogP contribution in [0.15, 0.2) is 30.5 Å². The van der Waals surface area contributed by atoms with Gasteiger partial charge < -0.3 is 10.2 Å². The molecular weight excluding hydrogens is 284 g/mol. The summed E-state index contributed by atoms with van der Waals surface area (Å²) in [6.45, 7) is 7.60. The molecule has 122 valence electrons. The van der Waals surface area contributed by atoms with Crippen LogP contribution in [-0.2, 0) is 0 Å². The lowest BCUT2D eigenvalue weighted by atomic mass is 10.0. The van der Waals surface area contributed by atoms with Crippen LogP contribution in [0.3, 0.4) is 0 Å². The molecule has 1 atom stereocenters. The lowest BCUT2D eigenvalue weighted by molar-refractivity contribution is 0.447. The minimum absolute atomic E-state index is 0.605. The number of nitrogens with zero attached hydrogens (tertiary/aromatic N) is 3. The van der Waals surface area contributed by atoms with Gasteiger partial charge in [-0.15, -0.1) is 0 Å². The Hall–Kier alpha value is -2.10. The molecule has 0 aliphatic carbocycles. The maximum Gasteiger partial charge on any atom is 0.229 e. The van der Waals surface area contributed by atoms with E-state index in [2.05, 4.69) is 54.2 Å². The van der Waals surface area contributed by atoms with Crippen LogP contribution in [0.4, 0.5) is 17.5 Å². The van der Waals surface area contributed by atoms with Crippen LogP contribution in [0.2, 0.25) is 0 Å². The Labute approximate surface area is 139 Å². The van der Waals surface area contributed by atoms with Crippen molar-refractivity contribution < 1.29 is 0 Å². The summed E-state index contributed by atoms with van der Waals surface area (Å²) in [5.41, 5.74) is 3.61. The topological polar surface area (TPSA) is 41.1 Å². The van der Waals surface area contributed by atoms with E-state index < -0.39 is 0 Å². The molecule has 0 bridgehead atoms. The zero-order chi connectivity index (χ0) is 16.2. The predicted molar refractivity (Wildman–Crippen MR) is 96.5 cm³/mol. The number of rotatable bonds is 4. The van der Waals surface area contributed by atoms with Crippen molar-refractivity contribution in [2.24, 2.45) is 0 Å². The molecule has 1 saturated heterocycles. The van der Waals surface area contributed by atoms with Crippen LogP contribution in [0.1, 0.15) is 43.7 Å². The Morgan fingerprint density at radius 2 is 2.04 bits per heavy atom. The van der Waals surface area contributed by atoms with Crippen molar-refractivity contribution in [3.63, 3.8) is 0 Å². The van der Waals surface area contributed by atoms with Crippen LogP contribution < -0.4 is 10.2 Å². The van der Waals surface area contributed by atoms with Gasteiger partial charge in [0.15, 0.2) is 0 Å². The smallest absolute Gasteiger partial charge is 0.229 e. The fourth-order valence-corrected chi connectivity index (χ4v) is 3.24. The van der Waals surface area contributed by atoms with E-state index in [-0.39, 0.29) is 0 Å².